The highest BCUT2D eigenvalue weighted by atomic mass is 16.2. The number of hydrogen-bond donors (Lipinski definition) is 2. The van der Waals surface area contributed by atoms with Gasteiger partial charge in [0, 0.05) is 30.9 Å². The maximum Gasteiger partial charge on any atom is 0.315 e. The van der Waals surface area contributed by atoms with Gasteiger partial charge in [0.05, 0.1) is 0 Å². The smallest absolute Gasteiger partial charge is 0.315 e. The number of aryl methyl sites for hydroxylation is 1. The molecular weight excluding hydrogens is 286 g/mol. The Hall–Kier alpha value is -1.58. The van der Waals surface area contributed by atoms with Gasteiger partial charge in [-0.3, -0.25) is 4.98 Å². The van der Waals surface area contributed by atoms with Crippen LogP contribution in [0.2, 0.25) is 0 Å². The van der Waals surface area contributed by atoms with E-state index in [0.29, 0.717) is 18.0 Å². The Morgan fingerprint density at radius 1 is 1.26 bits per heavy atom. The first-order valence-corrected chi connectivity index (χ1v) is 9.14. The number of carbonyl (C=O) groups is 1. The summed E-state index contributed by atoms with van der Waals surface area (Å²) >= 11 is 0. The first-order valence-electron chi connectivity index (χ1n) is 9.14. The molecule has 2 saturated carbocycles. The van der Waals surface area contributed by atoms with Crippen molar-refractivity contribution >= 4 is 6.03 Å². The van der Waals surface area contributed by atoms with Crippen LogP contribution in [0, 0.1) is 12.3 Å². The molecule has 1 aromatic heterocycles. The minimum absolute atomic E-state index is 0.00423. The molecule has 2 N–H and O–H groups in total. The van der Waals surface area contributed by atoms with Crippen molar-refractivity contribution < 1.29 is 4.79 Å². The lowest BCUT2D eigenvalue weighted by molar-refractivity contribution is 0.150. The van der Waals surface area contributed by atoms with Crippen molar-refractivity contribution in [2.45, 2.75) is 70.8 Å². The Balaban J connectivity index is 1.46. The number of rotatable bonds is 4. The van der Waals surface area contributed by atoms with E-state index in [1.807, 2.05) is 12.3 Å². The predicted octanol–water partition coefficient (Wildman–Crippen LogP) is 3.73. The summed E-state index contributed by atoms with van der Waals surface area (Å²) in [5, 5.41) is 6.29. The SMILES string of the molecule is Cc1cccnc1CCNC(=O)NC1CCCC12CCCCC2. The summed E-state index contributed by atoms with van der Waals surface area (Å²) in [4.78, 5) is 16.6. The molecule has 2 amide bonds. The van der Waals surface area contributed by atoms with E-state index < -0.39 is 0 Å². The second-order valence-corrected chi connectivity index (χ2v) is 7.29. The largest absolute Gasteiger partial charge is 0.338 e. The molecule has 0 saturated heterocycles. The highest BCUT2D eigenvalue weighted by Crippen LogP contribution is 2.48. The number of aromatic nitrogens is 1. The maximum absolute atomic E-state index is 12.3. The summed E-state index contributed by atoms with van der Waals surface area (Å²) in [6.45, 7) is 2.71. The Morgan fingerprint density at radius 3 is 2.83 bits per heavy atom. The van der Waals surface area contributed by atoms with Crippen LogP contribution in [0.3, 0.4) is 0 Å². The van der Waals surface area contributed by atoms with Crippen molar-refractivity contribution in [1.82, 2.24) is 15.6 Å². The molecule has 2 fully saturated rings. The van der Waals surface area contributed by atoms with Crippen molar-refractivity contribution in [2.24, 2.45) is 5.41 Å². The molecule has 4 nitrogen and oxygen atoms in total. The van der Waals surface area contributed by atoms with Gasteiger partial charge in [-0.1, -0.05) is 31.7 Å². The standard InChI is InChI=1S/C19H29N3O/c1-15-7-6-13-20-16(15)9-14-21-18(23)22-17-8-5-12-19(17)10-3-2-4-11-19/h6-7,13,17H,2-5,8-12,14H2,1H3,(H2,21,22,23). The van der Waals surface area contributed by atoms with Gasteiger partial charge in [-0.15, -0.1) is 0 Å². The van der Waals surface area contributed by atoms with Crippen LogP contribution in [0.25, 0.3) is 0 Å². The predicted molar refractivity (Wildman–Crippen MR) is 92.4 cm³/mol. The first kappa shape index (κ1) is 16.3. The first-order chi connectivity index (χ1) is 11.2. The van der Waals surface area contributed by atoms with Gasteiger partial charge in [0.25, 0.3) is 0 Å². The van der Waals surface area contributed by atoms with Crippen molar-refractivity contribution in [2.75, 3.05) is 6.54 Å². The van der Waals surface area contributed by atoms with Gasteiger partial charge >= 0.3 is 6.03 Å². The van der Waals surface area contributed by atoms with Crippen LogP contribution >= 0.6 is 0 Å². The highest BCUT2D eigenvalue weighted by molar-refractivity contribution is 5.74. The summed E-state index contributed by atoms with van der Waals surface area (Å²) in [6.07, 6.45) is 12.9. The lowest BCUT2D eigenvalue weighted by atomic mass is 9.70. The lowest BCUT2D eigenvalue weighted by Gasteiger charge is -2.39. The molecule has 2 aliphatic rings. The molecule has 0 aromatic carbocycles. The van der Waals surface area contributed by atoms with E-state index in [-0.39, 0.29) is 6.03 Å². The van der Waals surface area contributed by atoms with Crippen LogP contribution in [0.4, 0.5) is 4.79 Å². The second kappa shape index (κ2) is 7.33. The lowest BCUT2D eigenvalue weighted by Crippen LogP contribution is -2.49. The Labute approximate surface area is 139 Å². The Morgan fingerprint density at radius 2 is 2.04 bits per heavy atom. The van der Waals surface area contributed by atoms with Gasteiger partial charge in [-0.05, 0) is 49.7 Å². The molecule has 1 aromatic rings. The van der Waals surface area contributed by atoms with Gasteiger partial charge in [0.2, 0.25) is 0 Å². The van der Waals surface area contributed by atoms with Gasteiger partial charge in [-0.25, -0.2) is 4.79 Å². The number of pyridine rings is 1. The average Bonchev–Trinajstić information content (AvgIpc) is 2.92. The van der Waals surface area contributed by atoms with E-state index in [1.165, 1.54) is 50.5 Å². The maximum atomic E-state index is 12.3. The molecule has 0 radical (unpaired) electrons. The van der Waals surface area contributed by atoms with Crippen LogP contribution in [0.1, 0.15) is 62.6 Å². The highest BCUT2D eigenvalue weighted by Gasteiger charge is 2.43. The zero-order chi connectivity index (χ0) is 16.1. The van der Waals surface area contributed by atoms with Crippen molar-refractivity contribution in [3.8, 4) is 0 Å². The molecule has 0 bridgehead atoms. The van der Waals surface area contributed by atoms with E-state index in [0.717, 1.165) is 18.5 Å². The minimum atomic E-state index is -0.00423. The fourth-order valence-electron chi connectivity index (χ4n) is 4.50. The number of urea groups is 1. The number of amides is 2. The summed E-state index contributed by atoms with van der Waals surface area (Å²) in [7, 11) is 0. The van der Waals surface area contributed by atoms with Crippen molar-refractivity contribution in [1.29, 1.82) is 0 Å². The van der Waals surface area contributed by atoms with Gasteiger partial charge in [0.1, 0.15) is 0 Å². The summed E-state index contributed by atoms with van der Waals surface area (Å²) in [5.41, 5.74) is 2.65. The topological polar surface area (TPSA) is 54.0 Å². The fourth-order valence-corrected chi connectivity index (χ4v) is 4.50. The van der Waals surface area contributed by atoms with Crippen molar-refractivity contribution in [3.63, 3.8) is 0 Å². The van der Waals surface area contributed by atoms with Crippen LogP contribution in [-0.4, -0.2) is 23.6 Å². The zero-order valence-corrected chi connectivity index (χ0v) is 14.2. The van der Waals surface area contributed by atoms with Crippen LogP contribution in [0.5, 0.6) is 0 Å². The molecule has 2 aliphatic carbocycles. The van der Waals surface area contributed by atoms with E-state index in [4.69, 9.17) is 0 Å². The summed E-state index contributed by atoms with van der Waals surface area (Å²) in [6, 6.07) is 4.38. The normalized spacial score (nSPS) is 22.9. The van der Waals surface area contributed by atoms with E-state index >= 15 is 0 Å². The monoisotopic (exact) mass is 315 g/mol. The number of nitrogens with one attached hydrogen (secondary N) is 2. The number of hydrogen-bond acceptors (Lipinski definition) is 2. The summed E-state index contributed by atoms with van der Waals surface area (Å²) < 4.78 is 0. The molecule has 1 unspecified atom stereocenters. The number of carbonyl (C=O) groups excluding carboxylic acids is 1. The van der Waals surface area contributed by atoms with Crippen LogP contribution in [-0.2, 0) is 6.42 Å². The van der Waals surface area contributed by atoms with E-state index in [2.05, 4.69) is 28.6 Å². The quantitative estimate of drug-likeness (QED) is 0.889. The minimum Gasteiger partial charge on any atom is -0.338 e. The zero-order valence-electron chi connectivity index (χ0n) is 14.2. The third-order valence-electron chi connectivity index (χ3n) is 5.83. The molecule has 4 heteroatoms. The van der Waals surface area contributed by atoms with Crippen LogP contribution < -0.4 is 10.6 Å². The molecule has 0 aliphatic heterocycles. The number of nitrogens with zero attached hydrogens (tertiary/aromatic N) is 1. The molecule has 1 spiro atoms. The summed E-state index contributed by atoms with van der Waals surface area (Å²) in [5.74, 6) is 0. The molecule has 23 heavy (non-hydrogen) atoms. The van der Waals surface area contributed by atoms with Gasteiger partial charge < -0.3 is 10.6 Å². The Kier molecular flexibility index (Phi) is 5.19. The fraction of sp³-hybridized carbons (Fsp3) is 0.684. The van der Waals surface area contributed by atoms with Gasteiger partial charge in [0.15, 0.2) is 0 Å². The van der Waals surface area contributed by atoms with E-state index in [9.17, 15) is 4.79 Å². The molecular formula is C19H29N3O. The van der Waals surface area contributed by atoms with Crippen LogP contribution in [0.15, 0.2) is 18.3 Å². The Bertz CT molecular complexity index is 537. The van der Waals surface area contributed by atoms with Gasteiger partial charge in [-0.2, -0.15) is 0 Å². The second-order valence-electron chi connectivity index (χ2n) is 7.29. The third kappa shape index (κ3) is 3.85. The molecule has 126 valence electrons. The molecule has 1 atom stereocenters. The van der Waals surface area contributed by atoms with Crippen molar-refractivity contribution in [3.05, 3.63) is 29.6 Å². The average molecular weight is 315 g/mol. The third-order valence-corrected chi connectivity index (χ3v) is 5.83. The van der Waals surface area contributed by atoms with E-state index in [1.54, 1.807) is 0 Å². The molecule has 1 heterocycles. The molecule has 3 rings (SSSR count).